The van der Waals surface area contributed by atoms with Crippen LogP contribution in [0.1, 0.15) is 11.5 Å². The maximum absolute atomic E-state index is 12.4. The van der Waals surface area contributed by atoms with Crippen LogP contribution in [0.3, 0.4) is 0 Å². The van der Waals surface area contributed by atoms with Crippen molar-refractivity contribution in [3.8, 4) is 11.8 Å². The number of benzene rings is 1. The lowest BCUT2D eigenvalue weighted by Crippen LogP contribution is -2.07. The van der Waals surface area contributed by atoms with Crippen molar-refractivity contribution in [3.63, 3.8) is 0 Å². The van der Waals surface area contributed by atoms with Gasteiger partial charge in [0, 0.05) is 5.02 Å². The Bertz CT molecular complexity index is 685. The van der Waals surface area contributed by atoms with Crippen molar-refractivity contribution in [2.75, 3.05) is 5.32 Å². The summed E-state index contributed by atoms with van der Waals surface area (Å²) in [6, 6.07) is 7.89. The van der Waals surface area contributed by atoms with Gasteiger partial charge in [-0.25, -0.2) is 0 Å². The Morgan fingerprint density at radius 3 is 2.81 bits per heavy atom. The minimum Gasteiger partial charge on any atom is -0.449 e. The van der Waals surface area contributed by atoms with Crippen molar-refractivity contribution >= 4 is 33.2 Å². The molecular weight excluding hydrogens is 370 g/mol. The van der Waals surface area contributed by atoms with E-state index in [9.17, 15) is 8.78 Å². The molecule has 1 aromatic carbocycles. The van der Waals surface area contributed by atoms with Crippen LogP contribution in [0.15, 0.2) is 33.2 Å². The fourth-order valence-corrected chi connectivity index (χ4v) is 2.52. The first kappa shape index (κ1) is 15.6. The summed E-state index contributed by atoms with van der Waals surface area (Å²) in [5.74, 6) is 0.593. The average Bonchev–Trinajstić information content (AvgIpc) is 2.87. The molecule has 110 valence electrons. The van der Waals surface area contributed by atoms with Crippen LogP contribution in [0.25, 0.3) is 0 Å². The number of halogens is 4. The third kappa shape index (κ3) is 4.09. The molecule has 2 aromatic rings. The van der Waals surface area contributed by atoms with Crippen LogP contribution in [-0.2, 0) is 6.54 Å². The fraction of sp³-hybridized carbons (Fsp3) is 0.154. The maximum Gasteiger partial charge on any atom is 0.387 e. The van der Waals surface area contributed by atoms with Gasteiger partial charge in [0.05, 0.1) is 16.7 Å². The smallest absolute Gasteiger partial charge is 0.387 e. The van der Waals surface area contributed by atoms with Crippen LogP contribution < -0.4 is 10.1 Å². The Kier molecular flexibility index (Phi) is 5.04. The van der Waals surface area contributed by atoms with Crippen LogP contribution >= 0.6 is 27.5 Å². The summed E-state index contributed by atoms with van der Waals surface area (Å²) < 4.78 is 34.8. The van der Waals surface area contributed by atoms with E-state index in [0.29, 0.717) is 15.3 Å². The predicted molar refractivity (Wildman–Crippen MR) is 76.5 cm³/mol. The maximum atomic E-state index is 12.4. The minimum absolute atomic E-state index is 0.0542. The lowest BCUT2D eigenvalue weighted by molar-refractivity contribution is -0.0498. The molecule has 1 aromatic heterocycles. The molecule has 0 aliphatic carbocycles. The normalized spacial score (nSPS) is 10.5. The van der Waals surface area contributed by atoms with Gasteiger partial charge < -0.3 is 14.5 Å². The molecule has 0 atom stereocenters. The monoisotopic (exact) mass is 376 g/mol. The second kappa shape index (κ2) is 6.78. The average molecular weight is 378 g/mol. The van der Waals surface area contributed by atoms with Gasteiger partial charge in [0.15, 0.2) is 5.75 Å². The molecule has 0 spiro atoms. The molecule has 0 radical (unpaired) electrons. The topological polar surface area (TPSA) is 58.2 Å². The zero-order valence-electron chi connectivity index (χ0n) is 10.4. The lowest BCUT2D eigenvalue weighted by Gasteiger charge is -2.14. The molecule has 0 aliphatic rings. The first-order valence-electron chi connectivity index (χ1n) is 5.66. The van der Waals surface area contributed by atoms with E-state index < -0.39 is 6.61 Å². The van der Waals surface area contributed by atoms with E-state index in [1.54, 1.807) is 6.07 Å². The number of nitriles is 1. The highest BCUT2D eigenvalue weighted by atomic mass is 79.9. The van der Waals surface area contributed by atoms with Gasteiger partial charge in [-0.2, -0.15) is 14.0 Å². The first-order chi connectivity index (χ1) is 9.99. The minimum atomic E-state index is -2.96. The lowest BCUT2D eigenvalue weighted by atomic mass is 10.3. The third-order valence-corrected chi connectivity index (χ3v) is 3.25. The van der Waals surface area contributed by atoms with E-state index in [4.69, 9.17) is 21.3 Å². The number of ether oxygens (including phenoxy) is 1. The molecule has 0 bridgehead atoms. The Hall–Kier alpha value is -1.78. The molecule has 0 amide bonds. The van der Waals surface area contributed by atoms with Crippen LogP contribution in [0.2, 0.25) is 5.02 Å². The van der Waals surface area contributed by atoms with Crippen LogP contribution in [0.4, 0.5) is 14.5 Å². The van der Waals surface area contributed by atoms with Gasteiger partial charge in [0.2, 0.25) is 5.76 Å². The number of furan rings is 1. The number of nitrogens with zero attached hydrogens (tertiary/aromatic N) is 1. The number of alkyl halides is 2. The largest absolute Gasteiger partial charge is 0.449 e. The van der Waals surface area contributed by atoms with Crippen molar-refractivity contribution in [1.82, 2.24) is 0 Å². The predicted octanol–water partition coefficient (Wildman–Crippen LogP) is 4.78. The fourth-order valence-electron chi connectivity index (χ4n) is 1.62. The van der Waals surface area contributed by atoms with Crippen molar-refractivity contribution in [2.45, 2.75) is 13.2 Å². The molecule has 2 rings (SSSR count). The molecule has 0 fully saturated rings. The Labute approximate surface area is 132 Å². The summed E-state index contributed by atoms with van der Waals surface area (Å²) in [4.78, 5) is 0. The summed E-state index contributed by atoms with van der Waals surface area (Å²) in [5.41, 5.74) is 0.282. The van der Waals surface area contributed by atoms with Crippen LogP contribution in [-0.4, -0.2) is 6.61 Å². The quantitative estimate of drug-likeness (QED) is 0.814. The number of anilines is 1. The van der Waals surface area contributed by atoms with Crippen molar-refractivity contribution < 1.29 is 17.9 Å². The molecule has 0 aliphatic heterocycles. The number of hydrogen-bond donors (Lipinski definition) is 1. The zero-order valence-corrected chi connectivity index (χ0v) is 12.7. The molecule has 4 nitrogen and oxygen atoms in total. The van der Waals surface area contributed by atoms with Gasteiger partial charge in [-0.15, -0.1) is 0 Å². The molecule has 0 saturated heterocycles. The van der Waals surface area contributed by atoms with E-state index in [1.807, 2.05) is 6.07 Å². The van der Waals surface area contributed by atoms with E-state index >= 15 is 0 Å². The standard InChI is InChI=1S/C13H8BrClF2N2O2/c14-10-3-7(15)4-11(12(10)21-13(16)17)19-6-9-2-1-8(5-18)20-9/h1-4,13,19H,6H2. The summed E-state index contributed by atoms with van der Waals surface area (Å²) in [6.07, 6.45) is 0. The second-order valence-corrected chi connectivity index (χ2v) is 5.16. The summed E-state index contributed by atoms with van der Waals surface area (Å²) >= 11 is 9.01. The van der Waals surface area contributed by atoms with Crippen molar-refractivity contribution in [1.29, 1.82) is 5.26 Å². The van der Waals surface area contributed by atoms with Gasteiger partial charge in [0.1, 0.15) is 11.8 Å². The van der Waals surface area contributed by atoms with Gasteiger partial charge in [-0.1, -0.05) is 11.6 Å². The van der Waals surface area contributed by atoms with Crippen LogP contribution in [0, 0.1) is 11.3 Å². The summed E-state index contributed by atoms with van der Waals surface area (Å²) in [6.45, 7) is -2.77. The van der Waals surface area contributed by atoms with Gasteiger partial charge in [-0.3, -0.25) is 0 Å². The summed E-state index contributed by atoms with van der Waals surface area (Å²) in [5, 5.41) is 11.9. The third-order valence-electron chi connectivity index (χ3n) is 2.44. The van der Waals surface area contributed by atoms with E-state index in [2.05, 4.69) is 26.0 Å². The van der Waals surface area contributed by atoms with Gasteiger partial charge >= 0.3 is 6.61 Å². The van der Waals surface area contributed by atoms with Crippen molar-refractivity contribution in [3.05, 3.63) is 45.3 Å². The van der Waals surface area contributed by atoms with Gasteiger partial charge in [-0.05, 0) is 40.2 Å². The molecule has 1 N–H and O–H groups in total. The molecule has 1 heterocycles. The molecule has 0 unspecified atom stereocenters. The SMILES string of the molecule is N#Cc1ccc(CNc2cc(Cl)cc(Br)c2OC(F)F)o1. The van der Waals surface area contributed by atoms with Gasteiger partial charge in [0.25, 0.3) is 0 Å². The Balaban J connectivity index is 2.20. The zero-order chi connectivity index (χ0) is 15.4. The molecule has 8 heteroatoms. The number of nitrogens with one attached hydrogen (secondary N) is 1. The van der Waals surface area contributed by atoms with Crippen molar-refractivity contribution in [2.24, 2.45) is 0 Å². The number of hydrogen-bond acceptors (Lipinski definition) is 4. The summed E-state index contributed by atoms with van der Waals surface area (Å²) in [7, 11) is 0. The highest BCUT2D eigenvalue weighted by Gasteiger charge is 2.15. The van der Waals surface area contributed by atoms with Crippen LogP contribution in [0.5, 0.6) is 5.75 Å². The van der Waals surface area contributed by atoms with E-state index in [-0.39, 0.29) is 23.7 Å². The second-order valence-electron chi connectivity index (χ2n) is 3.87. The Morgan fingerprint density at radius 2 is 2.19 bits per heavy atom. The molecule has 0 saturated carbocycles. The molecular formula is C13H8BrClF2N2O2. The van der Waals surface area contributed by atoms with E-state index in [1.165, 1.54) is 18.2 Å². The highest BCUT2D eigenvalue weighted by Crippen LogP contribution is 2.37. The first-order valence-corrected chi connectivity index (χ1v) is 6.83. The number of rotatable bonds is 5. The Morgan fingerprint density at radius 1 is 1.43 bits per heavy atom. The van der Waals surface area contributed by atoms with E-state index in [0.717, 1.165) is 0 Å². The highest BCUT2D eigenvalue weighted by molar-refractivity contribution is 9.10. The molecule has 21 heavy (non-hydrogen) atoms.